The van der Waals surface area contributed by atoms with Crippen molar-refractivity contribution in [1.29, 1.82) is 0 Å². The molecule has 2 heterocycles. The molecule has 0 radical (unpaired) electrons. The molecule has 0 aliphatic carbocycles. The summed E-state index contributed by atoms with van der Waals surface area (Å²) in [6.07, 6.45) is 3.71. The van der Waals surface area contributed by atoms with Crippen molar-refractivity contribution in [1.82, 2.24) is 19.7 Å². The standard InChI is InChI=1S/C10H13N5S/c1-6-4-9(14-7(2)13-6)15-10(11)8(16-3)5-12-15/h4-5H,11H2,1-3H3. The van der Waals surface area contributed by atoms with Gasteiger partial charge in [0, 0.05) is 11.8 Å². The highest BCUT2D eigenvalue weighted by atomic mass is 32.2. The van der Waals surface area contributed by atoms with Crippen LogP contribution < -0.4 is 5.73 Å². The van der Waals surface area contributed by atoms with Gasteiger partial charge in [-0.2, -0.15) is 9.78 Å². The van der Waals surface area contributed by atoms with Crippen molar-refractivity contribution in [3.05, 3.63) is 23.8 Å². The van der Waals surface area contributed by atoms with Gasteiger partial charge >= 0.3 is 0 Å². The molecule has 0 saturated carbocycles. The molecular weight excluding hydrogens is 222 g/mol. The number of thioether (sulfide) groups is 1. The van der Waals surface area contributed by atoms with Crippen LogP contribution >= 0.6 is 11.8 Å². The molecule has 0 aliphatic heterocycles. The van der Waals surface area contributed by atoms with Gasteiger partial charge in [0.1, 0.15) is 11.6 Å². The third kappa shape index (κ3) is 1.88. The molecule has 16 heavy (non-hydrogen) atoms. The van der Waals surface area contributed by atoms with Gasteiger partial charge in [0.05, 0.1) is 11.1 Å². The van der Waals surface area contributed by atoms with E-state index in [0.29, 0.717) is 11.6 Å². The average molecular weight is 235 g/mol. The van der Waals surface area contributed by atoms with E-state index in [1.54, 1.807) is 22.6 Å². The zero-order chi connectivity index (χ0) is 11.7. The fourth-order valence-corrected chi connectivity index (χ4v) is 1.94. The summed E-state index contributed by atoms with van der Waals surface area (Å²) in [5.41, 5.74) is 6.87. The third-order valence-corrected chi connectivity index (χ3v) is 2.91. The van der Waals surface area contributed by atoms with Crippen molar-refractivity contribution in [3.8, 4) is 5.82 Å². The molecule has 0 amide bonds. The van der Waals surface area contributed by atoms with Gasteiger partial charge in [0.25, 0.3) is 0 Å². The number of aromatic nitrogens is 4. The minimum Gasteiger partial charge on any atom is -0.383 e. The predicted molar refractivity (Wildman–Crippen MR) is 64.8 cm³/mol. The minimum absolute atomic E-state index is 0.616. The molecule has 0 aromatic carbocycles. The maximum absolute atomic E-state index is 5.97. The fourth-order valence-electron chi connectivity index (χ4n) is 1.49. The molecule has 0 atom stereocenters. The van der Waals surface area contributed by atoms with E-state index in [2.05, 4.69) is 15.1 Å². The molecule has 2 rings (SSSR count). The number of nitrogens with two attached hydrogens (primary N) is 1. The zero-order valence-corrected chi connectivity index (χ0v) is 10.2. The van der Waals surface area contributed by atoms with Crippen molar-refractivity contribution in [3.63, 3.8) is 0 Å². The Balaban J connectivity index is 2.54. The smallest absolute Gasteiger partial charge is 0.159 e. The molecule has 84 valence electrons. The molecule has 0 aliphatic rings. The Labute approximate surface area is 98.1 Å². The first kappa shape index (κ1) is 10.9. The predicted octanol–water partition coefficient (Wildman–Crippen LogP) is 1.58. The van der Waals surface area contributed by atoms with E-state index in [4.69, 9.17) is 5.73 Å². The summed E-state index contributed by atoms with van der Waals surface area (Å²) < 4.78 is 1.63. The van der Waals surface area contributed by atoms with Crippen LogP contribution in [0.1, 0.15) is 11.5 Å². The van der Waals surface area contributed by atoms with Crippen molar-refractivity contribution in [2.45, 2.75) is 18.7 Å². The molecule has 5 nitrogen and oxygen atoms in total. The normalized spacial score (nSPS) is 10.7. The van der Waals surface area contributed by atoms with Gasteiger partial charge in [0.2, 0.25) is 0 Å². The van der Waals surface area contributed by atoms with Crippen LogP contribution in [0.5, 0.6) is 0 Å². The quantitative estimate of drug-likeness (QED) is 0.800. The monoisotopic (exact) mass is 235 g/mol. The number of aryl methyl sites for hydroxylation is 2. The van der Waals surface area contributed by atoms with Gasteiger partial charge in [-0.25, -0.2) is 9.97 Å². The molecule has 0 fully saturated rings. The second-order valence-corrected chi connectivity index (χ2v) is 4.27. The van der Waals surface area contributed by atoms with Gasteiger partial charge in [-0.15, -0.1) is 11.8 Å². The van der Waals surface area contributed by atoms with E-state index < -0.39 is 0 Å². The first-order valence-corrected chi connectivity index (χ1v) is 6.04. The number of nitrogen functional groups attached to an aromatic ring is 1. The number of nitrogens with zero attached hydrogens (tertiary/aromatic N) is 4. The highest BCUT2D eigenvalue weighted by molar-refractivity contribution is 7.98. The molecule has 0 bridgehead atoms. The molecular formula is C10H13N5S. The minimum atomic E-state index is 0.616. The maximum atomic E-state index is 5.97. The van der Waals surface area contributed by atoms with Gasteiger partial charge in [-0.3, -0.25) is 0 Å². The molecule has 0 saturated heterocycles. The highest BCUT2D eigenvalue weighted by Crippen LogP contribution is 2.23. The van der Waals surface area contributed by atoms with Crippen LogP contribution in [0.4, 0.5) is 5.82 Å². The number of rotatable bonds is 2. The Morgan fingerprint density at radius 2 is 2.06 bits per heavy atom. The Hall–Kier alpha value is -1.56. The Kier molecular flexibility index (Phi) is 2.82. The summed E-state index contributed by atoms with van der Waals surface area (Å²) in [5.74, 6) is 2.04. The van der Waals surface area contributed by atoms with E-state index in [1.165, 1.54) is 0 Å². The second kappa shape index (κ2) is 4.13. The van der Waals surface area contributed by atoms with E-state index in [9.17, 15) is 0 Å². The molecule has 2 N–H and O–H groups in total. The van der Waals surface area contributed by atoms with Crippen LogP contribution in [0.3, 0.4) is 0 Å². The van der Waals surface area contributed by atoms with E-state index >= 15 is 0 Å². The van der Waals surface area contributed by atoms with Crippen LogP contribution in [0.2, 0.25) is 0 Å². The van der Waals surface area contributed by atoms with Gasteiger partial charge in [0.15, 0.2) is 5.82 Å². The Morgan fingerprint density at radius 3 is 2.62 bits per heavy atom. The molecule has 0 spiro atoms. The maximum Gasteiger partial charge on any atom is 0.159 e. The number of anilines is 1. The molecule has 6 heteroatoms. The van der Waals surface area contributed by atoms with Gasteiger partial charge in [-0.1, -0.05) is 0 Å². The lowest BCUT2D eigenvalue weighted by atomic mass is 10.4. The highest BCUT2D eigenvalue weighted by Gasteiger charge is 2.10. The third-order valence-electron chi connectivity index (χ3n) is 2.16. The first-order chi connectivity index (χ1) is 7.61. The summed E-state index contributed by atoms with van der Waals surface area (Å²) in [6, 6.07) is 1.86. The average Bonchev–Trinajstić information content (AvgIpc) is 2.58. The van der Waals surface area contributed by atoms with Crippen molar-refractivity contribution in [2.24, 2.45) is 0 Å². The summed E-state index contributed by atoms with van der Waals surface area (Å²) in [4.78, 5) is 9.48. The lowest BCUT2D eigenvalue weighted by Gasteiger charge is -2.05. The van der Waals surface area contributed by atoms with E-state index in [-0.39, 0.29) is 0 Å². The van der Waals surface area contributed by atoms with Crippen LogP contribution in [0.25, 0.3) is 5.82 Å². The topological polar surface area (TPSA) is 69.6 Å². The van der Waals surface area contributed by atoms with Crippen molar-refractivity contribution < 1.29 is 0 Å². The summed E-state index contributed by atoms with van der Waals surface area (Å²) in [5, 5.41) is 4.22. The van der Waals surface area contributed by atoms with Crippen LogP contribution in [0.15, 0.2) is 17.2 Å². The van der Waals surface area contributed by atoms with Crippen LogP contribution in [-0.2, 0) is 0 Å². The molecule has 2 aromatic rings. The number of hydrogen-bond acceptors (Lipinski definition) is 5. The van der Waals surface area contributed by atoms with Crippen LogP contribution in [-0.4, -0.2) is 26.0 Å². The summed E-state index contributed by atoms with van der Waals surface area (Å²) >= 11 is 1.57. The Bertz CT molecular complexity index is 500. The fraction of sp³-hybridized carbons (Fsp3) is 0.300. The van der Waals surface area contributed by atoms with Gasteiger partial charge < -0.3 is 5.73 Å². The van der Waals surface area contributed by atoms with Crippen molar-refractivity contribution in [2.75, 3.05) is 12.0 Å². The lowest BCUT2D eigenvalue weighted by Crippen LogP contribution is -2.06. The van der Waals surface area contributed by atoms with Crippen LogP contribution in [0, 0.1) is 13.8 Å². The van der Waals surface area contributed by atoms with E-state index in [0.717, 1.165) is 16.4 Å². The molecule has 2 aromatic heterocycles. The second-order valence-electron chi connectivity index (χ2n) is 3.42. The zero-order valence-electron chi connectivity index (χ0n) is 9.43. The first-order valence-electron chi connectivity index (χ1n) is 4.82. The lowest BCUT2D eigenvalue weighted by molar-refractivity contribution is 0.830. The largest absolute Gasteiger partial charge is 0.383 e. The van der Waals surface area contributed by atoms with Gasteiger partial charge in [-0.05, 0) is 20.1 Å². The summed E-state index contributed by atoms with van der Waals surface area (Å²) in [7, 11) is 0. The van der Waals surface area contributed by atoms with Crippen molar-refractivity contribution >= 4 is 17.6 Å². The summed E-state index contributed by atoms with van der Waals surface area (Å²) in [6.45, 7) is 3.78. The SMILES string of the molecule is CSc1cnn(-c2cc(C)nc(C)n2)c1N. The van der Waals surface area contributed by atoms with E-state index in [1.807, 2.05) is 26.2 Å². The Morgan fingerprint density at radius 1 is 1.31 bits per heavy atom. The number of hydrogen-bond donors (Lipinski definition) is 1. The molecule has 0 unspecified atom stereocenters.